The van der Waals surface area contributed by atoms with Crippen molar-refractivity contribution >= 4 is 50.5 Å². The summed E-state index contributed by atoms with van der Waals surface area (Å²) in [4.78, 5) is 41.4. The summed E-state index contributed by atoms with van der Waals surface area (Å²) in [5, 5.41) is 4.67. The maximum Gasteiger partial charge on any atom is 0.416 e. The molecule has 0 unspecified atom stereocenters. The molecule has 1 aromatic heterocycles. The number of halogens is 4. The number of esters is 1. The second-order valence-electron chi connectivity index (χ2n) is 9.91. The first-order chi connectivity index (χ1) is 20.0. The molecule has 0 aliphatic carbocycles. The molecule has 0 N–H and O–H groups in total. The predicted molar refractivity (Wildman–Crippen MR) is 166 cm³/mol. The molecule has 0 radical (unpaired) electrons. The third kappa shape index (κ3) is 6.68. The zero-order chi connectivity index (χ0) is 30.2. The Bertz CT molecular complexity index is 1660. The number of carbonyl (C=O) groups excluding carboxylic acids is 3. The Labute approximate surface area is 264 Å². The quantitative estimate of drug-likeness (QED) is 0.138. The van der Waals surface area contributed by atoms with E-state index in [0.717, 1.165) is 18.2 Å². The number of benzene rings is 3. The molecule has 3 aromatic carbocycles. The van der Waals surface area contributed by atoms with Crippen molar-refractivity contribution in [2.45, 2.75) is 25.4 Å². The number of nitrogens with zero attached hydrogens (tertiary/aromatic N) is 3. The van der Waals surface area contributed by atoms with Crippen LogP contribution in [0.15, 0.2) is 78.9 Å². The van der Waals surface area contributed by atoms with Gasteiger partial charge in [0.15, 0.2) is 5.78 Å². The van der Waals surface area contributed by atoms with E-state index in [0.29, 0.717) is 22.5 Å². The maximum atomic E-state index is 14.2. The number of fused-ring (bicyclic) bond motifs is 1. The van der Waals surface area contributed by atoms with Crippen LogP contribution in [-0.4, -0.2) is 41.1 Å². The maximum absolute atomic E-state index is 14.2. The number of carbonyl (C=O) groups is 3. The molecular weight excluding hydrogens is 618 g/mol. The van der Waals surface area contributed by atoms with Crippen molar-refractivity contribution in [2.24, 2.45) is 5.92 Å². The Balaban J connectivity index is 0.00000264. The summed E-state index contributed by atoms with van der Waals surface area (Å²) in [5.74, 6) is -4.25. The molecule has 1 aliphatic rings. The topological polar surface area (TPSA) is 81.5 Å². The first kappa shape index (κ1) is 34.4. The molecule has 232 valence electrons. The highest BCUT2D eigenvalue weighted by molar-refractivity contribution is 7.59. The lowest BCUT2D eigenvalue weighted by Gasteiger charge is -2.38. The van der Waals surface area contributed by atoms with Crippen LogP contribution >= 0.6 is 27.0 Å². The highest BCUT2D eigenvalue weighted by Crippen LogP contribution is 2.47. The minimum atomic E-state index is -4.66. The zero-order valence-electron chi connectivity index (χ0n) is 23.6. The van der Waals surface area contributed by atoms with Crippen molar-refractivity contribution in [1.29, 1.82) is 0 Å². The number of para-hydroxylation sites is 1. The molecule has 2 atom stereocenters. The van der Waals surface area contributed by atoms with Crippen LogP contribution in [0.5, 0.6) is 0 Å². The van der Waals surface area contributed by atoms with Gasteiger partial charge in [0.25, 0.3) is 0 Å². The molecule has 0 spiro atoms. The summed E-state index contributed by atoms with van der Waals surface area (Å²) < 4.78 is 60.4. The molecule has 44 heavy (non-hydrogen) atoms. The normalized spacial score (nSPS) is 16.0. The predicted octanol–water partition coefficient (Wildman–Crippen LogP) is 6.10. The third-order valence-corrected chi connectivity index (χ3v) is 7.30. The molecule has 1 aliphatic heterocycles. The average molecular weight is 648 g/mol. The van der Waals surface area contributed by atoms with Gasteiger partial charge in [0.1, 0.15) is 18.2 Å². The fourth-order valence-electron chi connectivity index (χ4n) is 5.36. The van der Waals surface area contributed by atoms with E-state index in [1.54, 1.807) is 37.3 Å². The monoisotopic (exact) mass is 647 g/mol. The molecule has 13 heteroatoms. The summed E-state index contributed by atoms with van der Waals surface area (Å²) in [6.45, 7) is 1.22. The van der Waals surface area contributed by atoms with E-state index in [1.165, 1.54) is 47.0 Å². The van der Waals surface area contributed by atoms with Crippen LogP contribution < -0.4 is 4.90 Å². The number of aryl methyl sites for hydroxylation is 1. The number of alkyl halides is 3. The van der Waals surface area contributed by atoms with Crippen molar-refractivity contribution in [3.8, 4) is 5.69 Å². The number of amides is 1. The molecule has 0 saturated heterocycles. The Morgan fingerprint density at radius 2 is 1.61 bits per heavy atom. The number of rotatable bonds is 7. The van der Waals surface area contributed by atoms with Gasteiger partial charge in [0.2, 0.25) is 5.91 Å². The second-order valence-corrected chi connectivity index (χ2v) is 9.91. The van der Waals surface area contributed by atoms with Crippen molar-refractivity contribution in [1.82, 2.24) is 9.78 Å². The van der Waals surface area contributed by atoms with Gasteiger partial charge in [-0.1, -0.05) is 42.5 Å². The van der Waals surface area contributed by atoms with E-state index in [-0.39, 0.29) is 38.4 Å². The lowest BCUT2D eigenvalue weighted by molar-refractivity contribution is -0.140. The summed E-state index contributed by atoms with van der Waals surface area (Å²) in [5.41, 5.74) is 0.908. The van der Waals surface area contributed by atoms with Crippen LogP contribution in [0.25, 0.3) is 5.69 Å². The second kappa shape index (κ2) is 13.7. The average Bonchev–Trinajstić information content (AvgIpc) is 3.32. The number of methoxy groups -OCH3 is 1. The van der Waals surface area contributed by atoms with Gasteiger partial charge in [-0.2, -0.15) is 45.3 Å². The standard InChI is InChI=1S/C31H25F4N3O4.2H2S/c1-18-27-28(19-11-13-22(32)14-12-19)24(16-25(39)20-7-6-8-21(15-20)31(33,34)35)30(41)37(17-26(40)42-2)29(27)38(36-18)23-9-4-3-5-10-23;;/h3-15,24,28H,16-17H2,1-2H3;2*1H2/t24-,28+;;/m0../s1. The van der Waals surface area contributed by atoms with Gasteiger partial charge in [-0.3, -0.25) is 19.3 Å². The first-order valence-electron chi connectivity index (χ1n) is 13.0. The molecule has 0 saturated carbocycles. The minimum absolute atomic E-state index is 0. The number of aromatic nitrogens is 2. The molecular formula is C31H29F4N3O4S2. The summed E-state index contributed by atoms with van der Waals surface area (Å²) >= 11 is 0. The van der Waals surface area contributed by atoms with E-state index >= 15 is 0 Å². The lowest BCUT2D eigenvalue weighted by atomic mass is 9.74. The summed E-state index contributed by atoms with van der Waals surface area (Å²) in [6, 6.07) is 18.3. The summed E-state index contributed by atoms with van der Waals surface area (Å²) in [7, 11) is 1.17. The SMILES string of the molecule is COC(=O)CN1C(=O)[C@@H](CC(=O)c2cccc(C(F)(F)F)c2)[C@@H](c2ccc(F)cc2)c2c(C)nn(-c3ccccc3)c21.S.S. The highest BCUT2D eigenvalue weighted by atomic mass is 32.1. The number of anilines is 1. The molecule has 2 heterocycles. The van der Waals surface area contributed by atoms with E-state index in [1.807, 2.05) is 0 Å². The van der Waals surface area contributed by atoms with Crippen molar-refractivity contribution in [2.75, 3.05) is 18.6 Å². The Morgan fingerprint density at radius 3 is 2.23 bits per heavy atom. The van der Waals surface area contributed by atoms with Crippen LogP contribution in [-0.2, 0) is 20.5 Å². The van der Waals surface area contributed by atoms with Gasteiger partial charge < -0.3 is 4.74 Å². The van der Waals surface area contributed by atoms with Gasteiger partial charge in [0.05, 0.1) is 30.0 Å². The van der Waals surface area contributed by atoms with Gasteiger partial charge in [0, 0.05) is 23.5 Å². The number of ketones is 1. The number of ether oxygens (including phenoxy) is 1. The number of Topliss-reactive ketones (excluding diaryl/α,β-unsaturated/α-hetero) is 1. The fraction of sp³-hybridized carbons (Fsp3) is 0.226. The van der Waals surface area contributed by atoms with E-state index in [2.05, 4.69) is 5.10 Å². The third-order valence-electron chi connectivity index (χ3n) is 7.30. The van der Waals surface area contributed by atoms with Crippen LogP contribution in [0.3, 0.4) is 0 Å². The van der Waals surface area contributed by atoms with Crippen LogP contribution in [0.2, 0.25) is 0 Å². The Kier molecular flexibility index (Phi) is 10.7. The Morgan fingerprint density at radius 1 is 0.955 bits per heavy atom. The van der Waals surface area contributed by atoms with Gasteiger partial charge in [-0.05, 0) is 48.9 Å². The van der Waals surface area contributed by atoms with Gasteiger partial charge in [-0.15, -0.1) is 0 Å². The van der Waals surface area contributed by atoms with Crippen LogP contribution in [0.4, 0.5) is 23.4 Å². The zero-order valence-corrected chi connectivity index (χ0v) is 25.6. The molecule has 5 rings (SSSR count). The molecule has 0 bridgehead atoms. The Hall–Kier alpha value is -4.10. The highest BCUT2D eigenvalue weighted by Gasteiger charge is 2.46. The van der Waals surface area contributed by atoms with Crippen LogP contribution in [0, 0.1) is 18.7 Å². The number of hydrogen-bond acceptors (Lipinski definition) is 5. The largest absolute Gasteiger partial charge is 0.468 e. The smallest absolute Gasteiger partial charge is 0.416 e. The van der Waals surface area contributed by atoms with Crippen molar-refractivity contribution < 1.29 is 36.7 Å². The molecule has 1 amide bonds. The van der Waals surface area contributed by atoms with Gasteiger partial charge in [-0.25, -0.2) is 9.07 Å². The lowest BCUT2D eigenvalue weighted by Crippen LogP contribution is -2.47. The first-order valence-corrected chi connectivity index (χ1v) is 13.0. The van der Waals surface area contributed by atoms with Crippen molar-refractivity contribution in [3.05, 3.63) is 113 Å². The molecule has 7 nitrogen and oxygen atoms in total. The van der Waals surface area contributed by atoms with Crippen molar-refractivity contribution in [3.63, 3.8) is 0 Å². The van der Waals surface area contributed by atoms with E-state index < -0.39 is 60.0 Å². The number of hydrogen-bond donors (Lipinski definition) is 0. The van der Waals surface area contributed by atoms with E-state index in [4.69, 9.17) is 4.74 Å². The van der Waals surface area contributed by atoms with Crippen LogP contribution in [0.1, 0.15) is 45.1 Å². The minimum Gasteiger partial charge on any atom is -0.468 e. The van der Waals surface area contributed by atoms with Gasteiger partial charge >= 0.3 is 12.1 Å². The molecule has 0 fully saturated rings. The summed E-state index contributed by atoms with van der Waals surface area (Å²) in [6.07, 6.45) is -5.14. The molecule has 4 aromatic rings. The van der Waals surface area contributed by atoms with E-state index in [9.17, 15) is 31.9 Å². The fourth-order valence-corrected chi connectivity index (χ4v) is 5.36.